The zero-order valence-corrected chi connectivity index (χ0v) is 14.0. The van der Waals surface area contributed by atoms with E-state index in [9.17, 15) is 9.59 Å². The number of fused-ring (bicyclic) bond motifs is 1. The summed E-state index contributed by atoms with van der Waals surface area (Å²) in [6, 6.07) is 5.18. The summed E-state index contributed by atoms with van der Waals surface area (Å²) in [6.07, 6.45) is 3.29. The number of hydrogen-bond acceptors (Lipinski definition) is 3. The van der Waals surface area contributed by atoms with Crippen LogP contribution in [0.1, 0.15) is 43.7 Å². The van der Waals surface area contributed by atoms with E-state index in [4.69, 9.17) is 21.4 Å². The van der Waals surface area contributed by atoms with Crippen molar-refractivity contribution in [3.05, 3.63) is 28.8 Å². The Bertz CT molecular complexity index is 629. The summed E-state index contributed by atoms with van der Waals surface area (Å²) >= 11 is 6.14. The fourth-order valence-corrected chi connectivity index (χ4v) is 3.64. The Labute approximate surface area is 145 Å². The lowest BCUT2D eigenvalue weighted by molar-refractivity contribution is -0.142. The van der Waals surface area contributed by atoms with Gasteiger partial charge in [-0.1, -0.05) is 23.7 Å². The van der Waals surface area contributed by atoms with Crippen LogP contribution < -0.4 is 15.4 Å². The van der Waals surface area contributed by atoms with Gasteiger partial charge in [0.1, 0.15) is 5.75 Å². The van der Waals surface area contributed by atoms with Crippen LogP contribution in [-0.4, -0.2) is 29.8 Å². The Morgan fingerprint density at radius 3 is 2.58 bits per heavy atom. The highest BCUT2D eigenvalue weighted by atomic mass is 35.5. The average Bonchev–Trinajstić information content (AvgIpc) is 2.56. The van der Waals surface area contributed by atoms with Gasteiger partial charge in [-0.15, -0.1) is 0 Å². The summed E-state index contributed by atoms with van der Waals surface area (Å²) in [5, 5.41) is 15.5. The molecule has 1 unspecified atom stereocenters. The van der Waals surface area contributed by atoms with Gasteiger partial charge in [0.25, 0.3) is 0 Å². The Balaban J connectivity index is 1.55. The van der Waals surface area contributed by atoms with Crippen molar-refractivity contribution in [3.63, 3.8) is 0 Å². The molecular weight excluding hydrogens is 332 g/mol. The van der Waals surface area contributed by atoms with Crippen molar-refractivity contribution in [2.24, 2.45) is 5.92 Å². The van der Waals surface area contributed by atoms with E-state index >= 15 is 0 Å². The molecule has 130 valence electrons. The average molecular weight is 353 g/mol. The minimum absolute atomic E-state index is 0.0271. The molecule has 24 heavy (non-hydrogen) atoms. The molecule has 1 aliphatic heterocycles. The van der Waals surface area contributed by atoms with E-state index in [0.29, 0.717) is 49.5 Å². The molecule has 3 N–H and O–H groups in total. The highest BCUT2D eigenvalue weighted by Gasteiger charge is 2.28. The Morgan fingerprint density at radius 2 is 1.88 bits per heavy atom. The van der Waals surface area contributed by atoms with Crippen molar-refractivity contribution < 1.29 is 19.4 Å². The largest absolute Gasteiger partial charge is 0.492 e. The topological polar surface area (TPSA) is 87.7 Å². The number of carboxylic acids is 1. The van der Waals surface area contributed by atoms with Crippen LogP contribution in [0.3, 0.4) is 0 Å². The van der Waals surface area contributed by atoms with Crippen LogP contribution in [0.15, 0.2) is 18.2 Å². The van der Waals surface area contributed by atoms with E-state index in [1.54, 1.807) is 6.07 Å². The van der Waals surface area contributed by atoms with Crippen molar-refractivity contribution in [3.8, 4) is 5.75 Å². The van der Waals surface area contributed by atoms with E-state index in [-0.39, 0.29) is 24.0 Å². The van der Waals surface area contributed by atoms with Gasteiger partial charge in [-0.2, -0.15) is 0 Å². The number of para-hydroxylation sites is 1. The van der Waals surface area contributed by atoms with Crippen molar-refractivity contribution in [1.82, 2.24) is 10.6 Å². The van der Waals surface area contributed by atoms with Crippen LogP contribution in [0.5, 0.6) is 5.75 Å². The predicted molar refractivity (Wildman–Crippen MR) is 89.4 cm³/mol. The normalized spacial score (nSPS) is 26.0. The van der Waals surface area contributed by atoms with Gasteiger partial charge in [0.05, 0.1) is 23.6 Å². The van der Waals surface area contributed by atoms with Gasteiger partial charge in [-0.25, -0.2) is 4.79 Å². The van der Waals surface area contributed by atoms with Crippen molar-refractivity contribution in [1.29, 1.82) is 0 Å². The van der Waals surface area contributed by atoms with Gasteiger partial charge in [0, 0.05) is 18.0 Å². The smallest absolute Gasteiger partial charge is 0.315 e. The number of nitrogens with one attached hydrogen (secondary N) is 2. The molecule has 0 aromatic heterocycles. The van der Waals surface area contributed by atoms with Crippen LogP contribution in [0.2, 0.25) is 5.02 Å². The number of benzene rings is 1. The standard InChI is InChI=1S/C17H21ClN2O4/c18-13-3-1-2-12-14(8-9-24-15(12)13)20-17(23)19-11-6-4-10(5-7-11)16(21)22/h1-3,10-11,14H,4-9H2,(H,21,22)(H2,19,20,23). The molecule has 7 heteroatoms. The number of carboxylic acid groups (broad SMARTS) is 1. The zero-order valence-electron chi connectivity index (χ0n) is 13.3. The van der Waals surface area contributed by atoms with Crippen LogP contribution in [0, 0.1) is 5.92 Å². The van der Waals surface area contributed by atoms with E-state index in [1.165, 1.54) is 0 Å². The molecule has 3 rings (SSSR count). The van der Waals surface area contributed by atoms with Gasteiger partial charge in [0.2, 0.25) is 0 Å². The maximum atomic E-state index is 12.3. The number of aliphatic carboxylic acids is 1. The molecule has 0 bridgehead atoms. The quantitative estimate of drug-likeness (QED) is 0.780. The van der Waals surface area contributed by atoms with Crippen molar-refractivity contribution >= 4 is 23.6 Å². The van der Waals surface area contributed by atoms with E-state index in [0.717, 1.165) is 5.56 Å². The lowest BCUT2D eigenvalue weighted by atomic mass is 9.86. The Hall–Kier alpha value is -1.95. The molecule has 1 aromatic rings. The van der Waals surface area contributed by atoms with Crippen molar-refractivity contribution in [2.45, 2.75) is 44.2 Å². The zero-order chi connectivity index (χ0) is 17.1. The van der Waals surface area contributed by atoms with Crippen LogP contribution >= 0.6 is 11.6 Å². The molecule has 1 atom stereocenters. The van der Waals surface area contributed by atoms with E-state index in [2.05, 4.69) is 10.6 Å². The minimum Gasteiger partial charge on any atom is -0.492 e. The molecule has 2 aliphatic rings. The molecule has 0 radical (unpaired) electrons. The van der Waals surface area contributed by atoms with Crippen LogP contribution in [-0.2, 0) is 4.79 Å². The Kier molecular flexibility index (Phi) is 5.14. The first-order valence-corrected chi connectivity index (χ1v) is 8.63. The summed E-state index contributed by atoms with van der Waals surface area (Å²) in [4.78, 5) is 23.2. The lowest BCUT2D eigenvalue weighted by Gasteiger charge is -2.30. The molecule has 6 nitrogen and oxygen atoms in total. The molecule has 2 amide bonds. The number of rotatable bonds is 3. The number of carbonyl (C=O) groups excluding carboxylic acids is 1. The third kappa shape index (κ3) is 3.75. The van der Waals surface area contributed by atoms with Crippen LogP contribution in [0.4, 0.5) is 4.79 Å². The second-order valence-corrected chi connectivity index (χ2v) is 6.76. The second kappa shape index (κ2) is 7.30. The Morgan fingerprint density at radius 1 is 1.12 bits per heavy atom. The van der Waals surface area contributed by atoms with Crippen molar-refractivity contribution in [2.75, 3.05) is 6.61 Å². The third-order valence-electron chi connectivity index (χ3n) is 4.74. The number of urea groups is 1. The maximum absolute atomic E-state index is 12.3. The maximum Gasteiger partial charge on any atom is 0.315 e. The van der Waals surface area contributed by atoms with Gasteiger partial charge in [-0.3, -0.25) is 4.79 Å². The molecule has 1 aliphatic carbocycles. The van der Waals surface area contributed by atoms with E-state index in [1.807, 2.05) is 12.1 Å². The fourth-order valence-electron chi connectivity index (χ4n) is 3.41. The first kappa shape index (κ1) is 16.9. The summed E-state index contributed by atoms with van der Waals surface area (Å²) in [5.74, 6) is -0.387. The molecule has 1 aromatic carbocycles. The highest BCUT2D eigenvalue weighted by Crippen LogP contribution is 2.37. The number of hydrogen-bond donors (Lipinski definition) is 3. The van der Waals surface area contributed by atoms with Crippen LogP contribution in [0.25, 0.3) is 0 Å². The minimum atomic E-state index is -0.742. The summed E-state index contributed by atoms with van der Waals surface area (Å²) in [5.41, 5.74) is 0.887. The highest BCUT2D eigenvalue weighted by molar-refractivity contribution is 6.32. The van der Waals surface area contributed by atoms with E-state index < -0.39 is 5.97 Å². The summed E-state index contributed by atoms with van der Waals surface area (Å²) in [6.45, 7) is 0.505. The first-order valence-electron chi connectivity index (χ1n) is 8.25. The monoisotopic (exact) mass is 352 g/mol. The predicted octanol–water partition coefficient (Wildman–Crippen LogP) is 3.11. The summed E-state index contributed by atoms with van der Waals surface area (Å²) < 4.78 is 5.59. The summed E-state index contributed by atoms with van der Waals surface area (Å²) in [7, 11) is 0. The fraction of sp³-hybridized carbons (Fsp3) is 0.529. The second-order valence-electron chi connectivity index (χ2n) is 6.35. The SMILES string of the molecule is O=C(NC1CCC(C(=O)O)CC1)NC1CCOc2c(Cl)cccc21. The molecule has 0 spiro atoms. The van der Waals surface area contributed by atoms with Gasteiger partial charge >= 0.3 is 12.0 Å². The number of amides is 2. The number of carbonyl (C=O) groups is 2. The molecule has 1 heterocycles. The van der Waals surface area contributed by atoms with Gasteiger partial charge in [0.15, 0.2) is 0 Å². The third-order valence-corrected chi connectivity index (χ3v) is 5.04. The number of halogens is 1. The molecule has 1 saturated carbocycles. The van der Waals surface area contributed by atoms with Gasteiger partial charge < -0.3 is 20.5 Å². The van der Waals surface area contributed by atoms with Gasteiger partial charge in [-0.05, 0) is 31.7 Å². The molecule has 0 saturated heterocycles. The molecular formula is C17H21ClN2O4. The number of ether oxygens (including phenoxy) is 1. The molecule has 1 fully saturated rings. The lowest BCUT2D eigenvalue weighted by Crippen LogP contribution is -2.46. The first-order chi connectivity index (χ1) is 11.5.